The molecule has 0 spiro atoms. The summed E-state index contributed by atoms with van der Waals surface area (Å²) in [5, 5.41) is 15.5. The number of nitrogens with zero attached hydrogens (tertiary/aromatic N) is 2. The van der Waals surface area contributed by atoms with Crippen LogP contribution < -0.4 is 15.1 Å². The molecule has 8 nitrogen and oxygen atoms in total. The maximum Gasteiger partial charge on any atom is 0.326 e. The van der Waals surface area contributed by atoms with E-state index in [-0.39, 0.29) is 26.8 Å². The van der Waals surface area contributed by atoms with E-state index in [1.807, 2.05) is 16.5 Å². The molecule has 0 radical (unpaired) electrons. The monoisotopic (exact) mass is 660 g/mol. The number of aliphatic carboxylic acids is 1. The number of hydrogen-bond acceptors (Lipinski definition) is 5. The van der Waals surface area contributed by atoms with Crippen LogP contribution in [-0.2, 0) is 22.4 Å². The molecule has 0 aliphatic heterocycles. The van der Waals surface area contributed by atoms with Crippen molar-refractivity contribution in [1.82, 2.24) is 14.6 Å². The Labute approximate surface area is 213 Å². The summed E-state index contributed by atoms with van der Waals surface area (Å²) in [7, 11) is 9.17. The van der Waals surface area contributed by atoms with Gasteiger partial charge in [-0.05, 0) is 49.6 Å². The molecule has 174 valence electrons. The van der Waals surface area contributed by atoms with Crippen LogP contribution in [0.3, 0.4) is 0 Å². The number of ether oxygens (including phenoxy) is 1. The number of amides is 1. The Balaban J connectivity index is 2.11. The van der Waals surface area contributed by atoms with Gasteiger partial charge in [0.05, 0.1) is 22.3 Å². The van der Waals surface area contributed by atoms with E-state index in [2.05, 4.69) is 80.6 Å². The number of carboxylic acid groups (broad SMARTS) is 1. The van der Waals surface area contributed by atoms with E-state index >= 15 is 0 Å². The molecule has 1 aromatic heterocycles. The first kappa shape index (κ1) is 28.1. The lowest BCUT2D eigenvalue weighted by atomic mass is 10.0. The van der Waals surface area contributed by atoms with Crippen molar-refractivity contribution in [3.63, 3.8) is 0 Å². The second-order valence-corrected chi connectivity index (χ2v) is 15.9. The maximum atomic E-state index is 12.7. The molecule has 2 rings (SSSR count). The lowest BCUT2D eigenvalue weighted by Gasteiger charge is -2.17. The first-order chi connectivity index (χ1) is 15.1. The predicted molar refractivity (Wildman–Crippen MR) is 150 cm³/mol. The van der Waals surface area contributed by atoms with E-state index in [4.69, 9.17) is 4.74 Å². The van der Waals surface area contributed by atoms with Crippen LogP contribution in [0.2, 0.25) is 0 Å². The highest BCUT2D eigenvalue weighted by Gasteiger charge is 2.24. The molecule has 0 aliphatic rings. The van der Waals surface area contributed by atoms with Gasteiger partial charge in [0.2, 0.25) is 11.9 Å². The fourth-order valence-electron chi connectivity index (χ4n) is 2.78. The van der Waals surface area contributed by atoms with Gasteiger partial charge in [0.1, 0.15) is 11.8 Å². The smallest absolute Gasteiger partial charge is 0.326 e. The zero-order valence-corrected chi connectivity index (χ0v) is 25.5. The van der Waals surface area contributed by atoms with Crippen LogP contribution in [0.1, 0.15) is 11.3 Å². The minimum Gasteiger partial charge on any atom is -0.494 e. The highest BCUT2D eigenvalue weighted by molar-refractivity contribution is 9.11. The van der Waals surface area contributed by atoms with Gasteiger partial charge in [0.25, 0.3) is 0 Å². The van der Waals surface area contributed by atoms with E-state index in [1.165, 1.54) is 0 Å². The van der Waals surface area contributed by atoms with Gasteiger partial charge in [0, 0.05) is 40.0 Å². The van der Waals surface area contributed by atoms with Crippen molar-refractivity contribution in [3.8, 4) is 5.75 Å². The lowest BCUT2D eigenvalue weighted by molar-refractivity contribution is -0.141. The zero-order chi connectivity index (χ0) is 24.0. The third-order valence-corrected chi connectivity index (χ3v) is 8.15. The molecule has 2 aromatic rings. The molecule has 3 N–H and O–H groups in total. The molecular formula is C17H23Br2N4O4P5. The molecule has 32 heavy (non-hydrogen) atoms. The molecule has 0 saturated heterocycles. The van der Waals surface area contributed by atoms with E-state index in [0.29, 0.717) is 17.4 Å². The predicted octanol–water partition coefficient (Wildman–Crippen LogP) is 4.95. The van der Waals surface area contributed by atoms with Crippen LogP contribution in [0, 0.1) is 0 Å². The standard InChI is InChI=1S/C17H23Br2N4O4P5/c1-8(3-9-4-11(18)14(27-2)12(19)5-9)15(24)21-13(16(25)26)6-10-7-20-17(22-32(29)30)23(10)31-28/h4-5,7,13,31H,1,3,6,28-30H2,2H3,(H,20,22)(H,21,24)(H,25,26). The number of hydrogen-bond donors (Lipinski definition) is 3. The number of aromatic nitrogens is 2. The topological polar surface area (TPSA) is 105 Å². The maximum absolute atomic E-state index is 12.7. The SMILES string of the molecule is C=C(Cc1cc(Br)c(OC)c(Br)c1)C(=O)NC(Cc1cnc(NP(P)P)n1PP)C(=O)O. The second kappa shape index (κ2) is 13.1. The summed E-state index contributed by atoms with van der Waals surface area (Å²) < 4.78 is 8.64. The number of carbonyl (C=O) groups is 2. The van der Waals surface area contributed by atoms with Gasteiger partial charge in [-0.25, -0.2) is 9.78 Å². The Hall–Kier alpha value is -0.180. The van der Waals surface area contributed by atoms with Crippen LogP contribution >= 0.6 is 74.5 Å². The number of imidazole rings is 1. The molecule has 1 amide bonds. The number of rotatable bonds is 11. The van der Waals surface area contributed by atoms with Crippen molar-refractivity contribution in [3.05, 3.63) is 50.7 Å². The summed E-state index contributed by atoms with van der Waals surface area (Å²) in [4.78, 5) is 28.9. The summed E-state index contributed by atoms with van der Waals surface area (Å²) in [5.74, 6) is -0.350. The largest absolute Gasteiger partial charge is 0.494 e. The number of anilines is 1. The van der Waals surface area contributed by atoms with Gasteiger partial charge in [0.15, 0.2) is 0 Å². The van der Waals surface area contributed by atoms with Gasteiger partial charge in [-0.15, -0.1) is 0 Å². The highest BCUT2D eigenvalue weighted by Crippen LogP contribution is 2.52. The average molecular weight is 662 g/mol. The van der Waals surface area contributed by atoms with Gasteiger partial charge in [-0.2, -0.15) is 0 Å². The van der Waals surface area contributed by atoms with E-state index in [1.54, 1.807) is 13.3 Å². The van der Waals surface area contributed by atoms with Crippen LogP contribution in [0.15, 0.2) is 39.4 Å². The Morgan fingerprint density at radius 1 is 1.38 bits per heavy atom. The van der Waals surface area contributed by atoms with Crippen molar-refractivity contribution >= 4 is 92.3 Å². The molecule has 0 fully saturated rings. The summed E-state index contributed by atoms with van der Waals surface area (Å²) in [6.45, 7) is 3.84. The van der Waals surface area contributed by atoms with Crippen LogP contribution in [0.5, 0.6) is 5.75 Å². The van der Waals surface area contributed by atoms with Gasteiger partial charge < -0.3 is 20.2 Å². The third-order valence-electron chi connectivity index (χ3n) is 4.21. The number of nitrogens with one attached hydrogen (secondary N) is 2. The Morgan fingerprint density at radius 2 is 2.00 bits per heavy atom. The quantitative estimate of drug-likeness (QED) is 0.233. The van der Waals surface area contributed by atoms with Crippen molar-refractivity contribution in [2.45, 2.75) is 18.9 Å². The normalized spacial score (nSPS) is 12.2. The van der Waals surface area contributed by atoms with Crippen LogP contribution in [-0.4, -0.2) is 39.5 Å². The van der Waals surface area contributed by atoms with Crippen molar-refractivity contribution in [2.24, 2.45) is 0 Å². The summed E-state index contributed by atoms with van der Waals surface area (Å²) >= 11 is 6.87. The first-order valence-corrected chi connectivity index (χ1v) is 17.8. The van der Waals surface area contributed by atoms with E-state index < -0.39 is 25.4 Å². The molecule has 5 atom stereocenters. The number of carboxylic acids is 1. The Kier molecular flexibility index (Phi) is 11.4. The Bertz CT molecular complexity index is 998. The molecule has 0 bridgehead atoms. The molecule has 1 aromatic carbocycles. The minimum absolute atomic E-state index is 0.0930. The van der Waals surface area contributed by atoms with Crippen molar-refractivity contribution in [2.75, 3.05) is 12.2 Å². The zero-order valence-electron chi connectivity index (χ0n) is 16.9. The number of halogens is 2. The highest BCUT2D eigenvalue weighted by atomic mass is 79.9. The number of carbonyl (C=O) groups excluding carboxylic acids is 1. The van der Waals surface area contributed by atoms with Gasteiger partial charge in [-0.1, -0.05) is 33.4 Å². The molecule has 0 aliphatic carbocycles. The van der Waals surface area contributed by atoms with Gasteiger partial charge >= 0.3 is 5.97 Å². The average Bonchev–Trinajstić information content (AvgIpc) is 3.07. The first-order valence-electron chi connectivity index (χ1n) is 8.90. The van der Waals surface area contributed by atoms with Crippen molar-refractivity contribution < 1.29 is 19.4 Å². The van der Waals surface area contributed by atoms with Gasteiger partial charge in [-0.3, -0.25) is 9.13 Å². The molecular weight excluding hydrogens is 639 g/mol. The molecule has 0 saturated carbocycles. The lowest BCUT2D eigenvalue weighted by Crippen LogP contribution is -2.43. The fourth-order valence-corrected chi connectivity index (χ4v) is 6.97. The summed E-state index contributed by atoms with van der Waals surface area (Å²) in [6, 6.07) is 2.54. The van der Waals surface area contributed by atoms with E-state index in [0.717, 1.165) is 14.5 Å². The second-order valence-electron chi connectivity index (χ2n) is 6.50. The fraction of sp³-hybridized carbons (Fsp3) is 0.235. The number of methoxy groups -OCH3 is 1. The molecule has 5 unspecified atom stereocenters. The third kappa shape index (κ3) is 7.67. The summed E-state index contributed by atoms with van der Waals surface area (Å²) in [5.41, 5.74) is 1.77. The summed E-state index contributed by atoms with van der Waals surface area (Å²) in [6.07, 6.45) is 1.97. The van der Waals surface area contributed by atoms with Crippen LogP contribution in [0.4, 0.5) is 5.95 Å². The molecule has 1 heterocycles. The minimum atomic E-state index is -1.13. The van der Waals surface area contributed by atoms with Crippen molar-refractivity contribution in [1.29, 1.82) is 0 Å². The number of benzene rings is 1. The molecule has 15 heteroatoms. The van der Waals surface area contributed by atoms with Crippen LogP contribution in [0.25, 0.3) is 0 Å². The van der Waals surface area contributed by atoms with E-state index in [9.17, 15) is 14.7 Å². The Morgan fingerprint density at radius 3 is 2.50 bits per heavy atom.